The number of nitrogens with zero attached hydrogens (tertiary/aromatic N) is 2. The molecule has 2 nitrogen and oxygen atoms in total. The fourth-order valence-electron chi connectivity index (χ4n) is 1.35. The van der Waals surface area contributed by atoms with E-state index < -0.39 is 0 Å². The van der Waals surface area contributed by atoms with Gasteiger partial charge in [0.05, 0.1) is 15.9 Å². The van der Waals surface area contributed by atoms with Gasteiger partial charge in [0.25, 0.3) is 0 Å². The van der Waals surface area contributed by atoms with Crippen molar-refractivity contribution in [2.75, 3.05) is 0 Å². The van der Waals surface area contributed by atoms with Crippen LogP contribution >= 0.6 is 55.2 Å². The van der Waals surface area contributed by atoms with Gasteiger partial charge in [0.15, 0.2) is 0 Å². The van der Waals surface area contributed by atoms with Gasteiger partial charge in [-0.05, 0) is 41.1 Å². The van der Waals surface area contributed by atoms with Crippen LogP contribution in [0.3, 0.4) is 0 Å². The van der Waals surface area contributed by atoms with Crippen LogP contribution in [0.1, 0.15) is 11.5 Å². The maximum atomic E-state index is 6.01. The van der Waals surface area contributed by atoms with Crippen molar-refractivity contribution in [1.29, 1.82) is 0 Å². The van der Waals surface area contributed by atoms with Crippen LogP contribution in [-0.4, -0.2) is 9.97 Å². The number of rotatable bonds is 3. The van der Waals surface area contributed by atoms with E-state index in [1.807, 2.05) is 19.1 Å². The van der Waals surface area contributed by atoms with Crippen molar-refractivity contribution in [3.05, 3.63) is 49.9 Å². The van der Waals surface area contributed by atoms with E-state index in [1.54, 1.807) is 11.8 Å². The summed E-state index contributed by atoms with van der Waals surface area (Å²) in [6, 6.07) is 8.13. The summed E-state index contributed by atoms with van der Waals surface area (Å²) in [5.74, 6) is 1.44. The minimum absolute atomic E-state index is 0.465. The third-order valence-electron chi connectivity index (χ3n) is 2.19. The first-order valence-electron chi connectivity index (χ1n) is 5.13. The molecule has 0 unspecified atom stereocenters. The van der Waals surface area contributed by atoms with Gasteiger partial charge in [0.2, 0.25) is 0 Å². The highest BCUT2D eigenvalue weighted by molar-refractivity contribution is 9.10. The van der Waals surface area contributed by atoms with Crippen LogP contribution in [0.4, 0.5) is 0 Å². The van der Waals surface area contributed by atoms with Crippen molar-refractivity contribution < 1.29 is 0 Å². The van der Waals surface area contributed by atoms with Gasteiger partial charge >= 0.3 is 0 Å². The lowest BCUT2D eigenvalue weighted by atomic mass is 10.4. The van der Waals surface area contributed by atoms with E-state index in [-0.39, 0.29) is 0 Å². The second-order valence-corrected chi connectivity index (χ2v) is 6.69. The first kappa shape index (κ1) is 14.3. The minimum Gasteiger partial charge on any atom is -0.236 e. The quantitative estimate of drug-likeness (QED) is 0.512. The maximum Gasteiger partial charge on any atom is 0.147 e. The highest BCUT2D eigenvalue weighted by Crippen LogP contribution is 2.27. The molecule has 0 aliphatic heterocycles. The summed E-state index contributed by atoms with van der Waals surface area (Å²) in [6.45, 7) is 1.91. The molecule has 1 aromatic heterocycles. The second-order valence-electron chi connectivity index (χ2n) is 3.58. The Balaban J connectivity index is 2.11. The van der Waals surface area contributed by atoms with Crippen LogP contribution in [0.2, 0.25) is 5.15 Å². The van der Waals surface area contributed by atoms with Gasteiger partial charge in [-0.15, -0.1) is 11.8 Å². The summed E-state index contributed by atoms with van der Waals surface area (Å²) >= 11 is 14.5. The van der Waals surface area contributed by atoms with Gasteiger partial charge in [0, 0.05) is 9.37 Å². The highest BCUT2D eigenvalue weighted by atomic mass is 79.9. The highest BCUT2D eigenvalue weighted by Gasteiger charge is 2.07. The predicted octanol–water partition coefficient (Wildman–Crippen LogP) is 5.26. The van der Waals surface area contributed by atoms with E-state index in [9.17, 15) is 0 Å². The Bertz CT molecular complexity index is 555. The number of aromatic nitrogens is 2. The first-order chi connectivity index (χ1) is 8.56. The fourth-order valence-corrected chi connectivity index (χ4v) is 3.12. The number of thioether (sulfide) groups is 1. The molecule has 0 radical (unpaired) electrons. The predicted molar refractivity (Wildman–Crippen MR) is 83.2 cm³/mol. The van der Waals surface area contributed by atoms with Crippen LogP contribution in [-0.2, 0) is 5.75 Å². The van der Waals surface area contributed by atoms with Crippen molar-refractivity contribution >= 4 is 55.2 Å². The molecular formula is C12H9Br2ClN2S. The zero-order chi connectivity index (χ0) is 13.1. The fraction of sp³-hybridized carbons (Fsp3) is 0.167. The Morgan fingerprint density at radius 1 is 1.28 bits per heavy atom. The second kappa shape index (κ2) is 6.37. The molecule has 0 amide bonds. The lowest BCUT2D eigenvalue weighted by Crippen LogP contribution is -1.97. The summed E-state index contributed by atoms with van der Waals surface area (Å²) in [5, 5.41) is 0.465. The van der Waals surface area contributed by atoms with Crippen molar-refractivity contribution in [3.8, 4) is 0 Å². The average molecular weight is 409 g/mol. The number of halogens is 3. The van der Waals surface area contributed by atoms with Gasteiger partial charge in [-0.3, -0.25) is 0 Å². The Kier molecular flexibility index (Phi) is 5.06. The first-order valence-corrected chi connectivity index (χ1v) is 8.08. The summed E-state index contributed by atoms with van der Waals surface area (Å²) in [7, 11) is 0. The third-order valence-corrected chi connectivity index (χ3v) is 5.12. The number of hydrogen-bond donors (Lipinski definition) is 0. The SMILES string of the molecule is Cc1nc(CSc2cccc(Br)c2)nc(Cl)c1Br. The van der Waals surface area contributed by atoms with Gasteiger partial charge in [0.1, 0.15) is 11.0 Å². The molecule has 1 aromatic carbocycles. The largest absolute Gasteiger partial charge is 0.236 e. The maximum absolute atomic E-state index is 6.01. The molecule has 1 heterocycles. The van der Waals surface area contributed by atoms with E-state index >= 15 is 0 Å². The van der Waals surface area contributed by atoms with Crippen molar-refractivity contribution in [1.82, 2.24) is 9.97 Å². The molecule has 0 atom stereocenters. The number of hydrogen-bond acceptors (Lipinski definition) is 3. The summed E-state index contributed by atoms with van der Waals surface area (Å²) in [4.78, 5) is 9.81. The molecule has 6 heteroatoms. The van der Waals surface area contributed by atoms with Gasteiger partial charge < -0.3 is 0 Å². The normalized spacial score (nSPS) is 10.7. The summed E-state index contributed by atoms with van der Waals surface area (Å²) < 4.78 is 1.83. The Morgan fingerprint density at radius 2 is 2.06 bits per heavy atom. The molecule has 0 bridgehead atoms. The monoisotopic (exact) mass is 406 g/mol. The van der Waals surface area contributed by atoms with E-state index in [1.165, 1.54) is 4.90 Å². The van der Waals surface area contributed by atoms with Crippen LogP contribution in [0.15, 0.2) is 38.1 Å². The van der Waals surface area contributed by atoms with Crippen LogP contribution in [0.5, 0.6) is 0 Å². The number of benzene rings is 1. The zero-order valence-electron chi connectivity index (χ0n) is 9.45. The van der Waals surface area contributed by atoms with E-state index in [4.69, 9.17) is 11.6 Å². The lowest BCUT2D eigenvalue weighted by molar-refractivity contribution is 0.984. The summed E-state index contributed by atoms with van der Waals surface area (Å²) in [6.07, 6.45) is 0. The van der Waals surface area contributed by atoms with Crippen LogP contribution in [0.25, 0.3) is 0 Å². The molecule has 0 saturated heterocycles. The van der Waals surface area contributed by atoms with Crippen molar-refractivity contribution in [2.24, 2.45) is 0 Å². The van der Waals surface area contributed by atoms with Gasteiger partial charge in [-0.1, -0.05) is 33.6 Å². The topological polar surface area (TPSA) is 25.8 Å². The molecule has 0 fully saturated rings. The van der Waals surface area contributed by atoms with Gasteiger partial charge in [-0.25, -0.2) is 9.97 Å². The zero-order valence-corrected chi connectivity index (χ0v) is 14.2. The molecule has 94 valence electrons. The summed E-state index contributed by atoms with van der Waals surface area (Å²) in [5.41, 5.74) is 0.861. The number of aryl methyl sites for hydroxylation is 1. The third kappa shape index (κ3) is 3.70. The van der Waals surface area contributed by atoms with Gasteiger partial charge in [-0.2, -0.15) is 0 Å². The molecule has 0 aliphatic rings. The van der Waals surface area contributed by atoms with Crippen LogP contribution in [0, 0.1) is 6.92 Å². The molecule has 18 heavy (non-hydrogen) atoms. The smallest absolute Gasteiger partial charge is 0.147 e. The molecule has 2 aromatic rings. The van der Waals surface area contributed by atoms with E-state index in [2.05, 4.69) is 54.0 Å². The molecule has 0 aliphatic carbocycles. The lowest BCUT2D eigenvalue weighted by Gasteiger charge is -2.05. The molecule has 0 N–H and O–H groups in total. The molecular weight excluding hydrogens is 399 g/mol. The van der Waals surface area contributed by atoms with E-state index in [0.717, 1.165) is 20.5 Å². The van der Waals surface area contributed by atoms with Crippen molar-refractivity contribution in [3.63, 3.8) is 0 Å². The minimum atomic E-state index is 0.465. The Labute approximate surface area is 132 Å². The van der Waals surface area contributed by atoms with Crippen molar-refractivity contribution in [2.45, 2.75) is 17.6 Å². The van der Waals surface area contributed by atoms with E-state index in [0.29, 0.717) is 10.9 Å². The van der Waals surface area contributed by atoms with Crippen LogP contribution < -0.4 is 0 Å². The molecule has 0 saturated carbocycles. The standard InChI is InChI=1S/C12H9Br2ClN2S/c1-7-11(14)12(15)17-10(16-7)6-18-9-4-2-3-8(13)5-9/h2-5H,6H2,1H3. The Morgan fingerprint density at radius 3 is 2.72 bits per heavy atom. The molecule has 2 rings (SSSR count). The average Bonchev–Trinajstić information content (AvgIpc) is 2.33. The Hall–Kier alpha value is -0.100. The molecule has 0 spiro atoms.